The van der Waals surface area contributed by atoms with E-state index in [2.05, 4.69) is 160 Å². The number of likely N-dealkylation sites (N-methyl/N-ethyl adjacent to an activating group) is 1. The van der Waals surface area contributed by atoms with Gasteiger partial charge >= 0.3 is 19.8 Å². The molecule has 0 rings (SSSR count). The molecule has 0 aromatic heterocycles. The molecule has 10 heteroatoms. The summed E-state index contributed by atoms with van der Waals surface area (Å²) in [5.74, 6) is -0.840. The molecule has 0 radical (unpaired) electrons. The van der Waals surface area contributed by atoms with Crippen LogP contribution in [0.4, 0.5) is 0 Å². The molecule has 0 saturated heterocycles. The predicted molar refractivity (Wildman–Crippen MR) is 371 cm³/mol. The molecule has 0 aliphatic heterocycles. The number of quaternary nitrogens is 1. The van der Waals surface area contributed by atoms with Crippen molar-refractivity contribution in [2.24, 2.45) is 0 Å². The van der Waals surface area contributed by atoms with Crippen LogP contribution in [0.1, 0.15) is 271 Å². The molecule has 490 valence electrons. The topological polar surface area (TPSA) is 108 Å². The average Bonchev–Trinajstić information content (AvgIpc) is 3.56. The van der Waals surface area contributed by atoms with Crippen molar-refractivity contribution in [3.63, 3.8) is 0 Å². The minimum Gasteiger partial charge on any atom is -0.462 e. The van der Waals surface area contributed by atoms with Gasteiger partial charge in [0.15, 0.2) is 6.10 Å². The largest absolute Gasteiger partial charge is 0.472 e. The lowest BCUT2D eigenvalue weighted by Crippen LogP contribution is -2.37. The Hall–Kier alpha value is -4.11. The summed E-state index contributed by atoms with van der Waals surface area (Å²) in [6.45, 7) is 4.27. The first kappa shape index (κ1) is 81.9. The van der Waals surface area contributed by atoms with Crippen LogP contribution in [0.2, 0.25) is 0 Å². The molecule has 0 spiro atoms. The fourth-order valence-electron chi connectivity index (χ4n) is 9.07. The number of phosphoric acid groups is 1. The van der Waals surface area contributed by atoms with Gasteiger partial charge in [0.1, 0.15) is 19.8 Å². The SMILES string of the molecule is CC/C=C\C/C=C\C/C=C\C/C=C\C/C=C\C/C=C\C/C=C\C/C=C\C/C=C\CCCCCC(=O)OC(COC(=O)CCCCCCCCCCCCCCCCCC/C=C\C/C=C\C/C=C\CCCCCCC)COP(=O)(O)OCC[N+](C)(C)C. The van der Waals surface area contributed by atoms with Crippen LogP contribution in [0.25, 0.3) is 0 Å². The number of ether oxygens (including phenoxy) is 2. The molecule has 2 unspecified atom stereocenters. The van der Waals surface area contributed by atoms with E-state index in [1.54, 1.807) is 0 Å². The fraction of sp³-hybridized carbons (Fsp3) is 0.658. The Balaban J connectivity index is 4.17. The number of carbonyl (C=O) groups is 2. The lowest BCUT2D eigenvalue weighted by atomic mass is 10.0. The number of esters is 2. The van der Waals surface area contributed by atoms with Crippen LogP contribution < -0.4 is 0 Å². The van der Waals surface area contributed by atoms with E-state index in [4.69, 9.17) is 18.5 Å². The zero-order valence-electron chi connectivity index (χ0n) is 55.7. The van der Waals surface area contributed by atoms with E-state index in [-0.39, 0.29) is 32.0 Å². The maximum Gasteiger partial charge on any atom is 0.472 e. The summed E-state index contributed by atoms with van der Waals surface area (Å²) in [6, 6.07) is 0. The zero-order chi connectivity index (χ0) is 62.6. The average molecular weight is 1220 g/mol. The summed E-state index contributed by atoms with van der Waals surface area (Å²) in [7, 11) is 1.44. The lowest BCUT2D eigenvalue weighted by molar-refractivity contribution is -0.870. The Labute approximate surface area is 529 Å². The number of carbonyl (C=O) groups excluding carboxylic acids is 2. The number of hydrogen-bond acceptors (Lipinski definition) is 7. The summed E-state index contributed by atoms with van der Waals surface area (Å²) in [4.78, 5) is 35.9. The molecule has 0 aliphatic carbocycles. The maximum atomic E-state index is 12.9. The second kappa shape index (κ2) is 65.3. The van der Waals surface area contributed by atoms with Gasteiger partial charge in [0.05, 0.1) is 27.7 Å². The van der Waals surface area contributed by atoms with Crippen LogP contribution in [0.3, 0.4) is 0 Å². The molecule has 1 N–H and O–H groups in total. The highest BCUT2D eigenvalue weighted by Crippen LogP contribution is 2.43. The molecule has 0 heterocycles. The monoisotopic (exact) mass is 1210 g/mol. The molecular weight excluding hydrogens is 1090 g/mol. The lowest BCUT2D eigenvalue weighted by Gasteiger charge is -2.24. The number of nitrogens with zero attached hydrogens (tertiary/aromatic N) is 1. The third-order valence-electron chi connectivity index (χ3n) is 14.4. The summed E-state index contributed by atoms with van der Waals surface area (Å²) in [6.07, 6.45) is 96.6. The predicted octanol–water partition coefficient (Wildman–Crippen LogP) is 22.6. The van der Waals surface area contributed by atoms with Crippen molar-refractivity contribution in [3.8, 4) is 0 Å². The Morgan fingerprint density at radius 2 is 0.663 bits per heavy atom. The third-order valence-corrected chi connectivity index (χ3v) is 15.3. The summed E-state index contributed by atoms with van der Waals surface area (Å²) < 4.78 is 34.7. The molecule has 0 bridgehead atoms. The number of phosphoric ester groups is 1. The van der Waals surface area contributed by atoms with Crippen molar-refractivity contribution < 1.29 is 42.1 Å². The third kappa shape index (κ3) is 69.0. The van der Waals surface area contributed by atoms with E-state index in [0.717, 1.165) is 109 Å². The number of allylic oxidation sites excluding steroid dienone is 24. The second-order valence-electron chi connectivity index (χ2n) is 23.8. The summed E-state index contributed by atoms with van der Waals surface area (Å²) in [5, 5.41) is 0. The van der Waals surface area contributed by atoms with Crippen LogP contribution in [0, 0.1) is 0 Å². The Kier molecular flexibility index (Phi) is 62.2. The fourth-order valence-corrected chi connectivity index (χ4v) is 9.82. The van der Waals surface area contributed by atoms with Gasteiger partial charge in [0.25, 0.3) is 0 Å². The van der Waals surface area contributed by atoms with Gasteiger partial charge in [-0.05, 0) is 122 Å². The van der Waals surface area contributed by atoms with Crippen LogP contribution >= 0.6 is 7.82 Å². The van der Waals surface area contributed by atoms with E-state index in [1.807, 2.05) is 21.1 Å². The molecule has 0 aromatic rings. The molecule has 0 saturated carbocycles. The van der Waals surface area contributed by atoms with E-state index in [9.17, 15) is 19.0 Å². The molecule has 9 nitrogen and oxygen atoms in total. The molecular formula is C76H129NO8P+. The van der Waals surface area contributed by atoms with E-state index in [0.29, 0.717) is 17.4 Å². The van der Waals surface area contributed by atoms with Gasteiger partial charge in [-0.1, -0.05) is 282 Å². The summed E-state index contributed by atoms with van der Waals surface area (Å²) >= 11 is 0. The molecule has 0 amide bonds. The number of hydrogen-bond donors (Lipinski definition) is 1. The van der Waals surface area contributed by atoms with Crippen LogP contribution in [0.5, 0.6) is 0 Å². The van der Waals surface area contributed by atoms with Crippen LogP contribution in [-0.4, -0.2) is 74.9 Å². The normalized spacial score (nSPS) is 14.1. The van der Waals surface area contributed by atoms with Crippen molar-refractivity contribution in [2.75, 3.05) is 47.5 Å². The van der Waals surface area contributed by atoms with Gasteiger partial charge in [0.2, 0.25) is 0 Å². The first-order valence-electron chi connectivity index (χ1n) is 34.6. The standard InChI is InChI=1S/C76H128NO8P/c1-6-8-10-12-14-16-18-20-22-24-26-28-30-32-34-36-38-40-42-44-46-48-50-52-54-56-58-60-62-64-66-68-75(78)82-72-74(73-84-86(80,81)83-71-70-77(3,4)5)85-76(79)69-67-65-63-61-59-57-55-53-51-49-47-45-43-41-39-37-35-33-31-29-27-25-23-21-19-17-15-13-11-9-7-2/h9,11,15,17-18,20-21,23-24,26-27,29-30,32-33,35,39,41,45,47,51,53,57,59,74H,6-8,10,12-14,16,19,22,25,28,31,34,36-38,40,42-44,46,48-50,52,54-56,58,60-73H2,1-5H3/p+1/b11-9-,17-15-,20-18-,23-21-,26-24-,29-27-,32-30-,35-33-,41-39-,47-45-,53-51-,59-57-. The molecule has 86 heavy (non-hydrogen) atoms. The van der Waals surface area contributed by atoms with Crippen molar-refractivity contribution in [2.45, 2.75) is 277 Å². The smallest absolute Gasteiger partial charge is 0.462 e. The van der Waals surface area contributed by atoms with Gasteiger partial charge < -0.3 is 18.9 Å². The molecule has 2 atom stereocenters. The van der Waals surface area contributed by atoms with Gasteiger partial charge in [0, 0.05) is 12.8 Å². The van der Waals surface area contributed by atoms with E-state index < -0.39 is 26.5 Å². The molecule has 0 aliphatic rings. The highest BCUT2D eigenvalue weighted by molar-refractivity contribution is 7.47. The van der Waals surface area contributed by atoms with E-state index in [1.165, 1.54) is 128 Å². The van der Waals surface area contributed by atoms with Crippen molar-refractivity contribution >= 4 is 19.8 Å². The Bertz CT molecular complexity index is 1960. The van der Waals surface area contributed by atoms with Crippen LogP contribution in [-0.2, 0) is 32.7 Å². The van der Waals surface area contributed by atoms with Gasteiger partial charge in [-0.15, -0.1) is 0 Å². The highest BCUT2D eigenvalue weighted by Gasteiger charge is 2.27. The second-order valence-corrected chi connectivity index (χ2v) is 25.3. The Morgan fingerprint density at radius 3 is 1.00 bits per heavy atom. The summed E-state index contributed by atoms with van der Waals surface area (Å²) in [5.41, 5.74) is 0. The number of rotatable bonds is 62. The van der Waals surface area contributed by atoms with Gasteiger partial charge in [-0.25, -0.2) is 4.57 Å². The van der Waals surface area contributed by atoms with Crippen molar-refractivity contribution in [1.29, 1.82) is 0 Å². The van der Waals surface area contributed by atoms with Crippen LogP contribution in [0.15, 0.2) is 146 Å². The van der Waals surface area contributed by atoms with Gasteiger partial charge in [-0.3, -0.25) is 18.6 Å². The molecule has 0 aromatic carbocycles. The van der Waals surface area contributed by atoms with Crippen molar-refractivity contribution in [1.82, 2.24) is 0 Å². The molecule has 0 fully saturated rings. The first-order chi connectivity index (χ1) is 42.0. The number of unbranched alkanes of at least 4 members (excludes halogenated alkanes) is 24. The Morgan fingerprint density at radius 1 is 0.372 bits per heavy atom. The first-order valence-corrected chi connectivity index (χ1v) is 36.1. The van der Waals surface area contributed by atoms with Gasteiger partial charge in [-0.2, -0.15) is 0 Å². The minimum absolute atomic E-state index is 0.0175. The highest BCUT2D eigenvalue weighted by atomic mass is 31.2. The zero-order valence-corrected chi connectivity index (χ0v) is 56.6. The van der Waals surface area contributed by atoms with E-state index >= 15 is 0 Å². The quantitative estimate of drug-likeness (QED) is 0.0211. The van der Waals surface area contributed by atoms with Crippen molar-refractivity contribution in [3.05, 3.63) is 146 Å². The maximum absolute atomic E-state index is 12.9. The minimum atomic E-state index is -4.41.